The molecular formula is C12H15N3O2. The van der Waals surface area contributed by atoms with Gasteiger partial charge < -0.3 is 10.6 Å². The molecule has 0 fully saturated rings. The monoisotopic (exact) mass is 233 g/mol. The van der Waals surface area contributed by atoms with Crippen molar-refractivity contribution < 1.29 is 4.92 Å². The predicted molar refractivity (Wildman–Crippen MR) is 70.1 cm³/mol. The van der Waals surface area contributed by atoms with Crippen LogP contribution in [0.15, 0.2) is 43.5 Å². The van der Waals surface area contributed by atoms with E-state index < -0.39 is 4.92 Å². The van der Waals surface area contributed by atoms with Crippen molar-refractivity contribution >= 4 is 17.1 Å². The van der Waals surface area contributed by atoms with E-state index in [1.54, 1.807) is 23.1 Å². The minimum Gasteiger partial charge on any atom is -0.399 e. The van der Waals surface area contributed by atoms with Crippen LogP contribution in [0.25, 0.3) is 0 Å². The zero-order chi connectivity index (χ0) is 12.8. The fraction of sp³-hybridized carbons (Fsp3) is 0.167. The summed E-state index contributed by atoms with van der Waals surface area (Å²) in [7, 11) is 0. The third kappa shape index (κ3) is 3.07. The van der Waals surface area contributed by atoms with Crippen LogP contribution in [0.3, 0.4) is 0 Å². The average Bonchev–Trinajstić information content (AvgIpc) is 2.28. The molecule has 0 aromatic heterocycles. The second-order valence-corrected chi connectivity index (χ2v) is 3.49. The summed E-state index contributed by atoms with van der Waals surface area (Å²) < 4.78 is 0. The summed E-state index contributed by atoms with van der Waals surface area (Å²) in [6, 6.07) is 4.51. The Hall–Kier alpha value is -2.30. The van der Waals surface area contributed by atoms with Crippen molar-refractivity contribution in [1.29, 1.82) is 0 Å². The van der Waals surface area contributed by atoms with Gasteiger partial charge in [-0.2, -0.15) is 0 Å². The topological polar surface area (TPSA) is 72.4 Å². The molecule has 5 heteroatoms. The average molecular weight is 233 g/mol. The summed E-state index contributed by atoms with van der Waals surface area (Å²) >= 11 is 0. The standard InChI is InChI=1S/C12H15N3O2/c1-3-7-14(8-4-2)12-9-10(13)5-6-11(12)15(16)17/h3-6,9H,1-2,7-8,13H2. The van der Waals surface area contributed by atoms with Crippen molar-refractivity contribution in [3.63, 3.8) is 0 Å². The number of anilines is 2. The Bertz CT molecular complexity index is 433. The molecule has 2 N–H and O–H groups in total. The predicted octanol–water partition coefficient (Wildman–Crippen LogP) is 2.36. The van der Waals surface area contributed by atoms with E-state index in [0.717, 1.165) is 0 Å². The van der Waals surface area contributed by atoms with Gasteiger partial charge in [-0.15, -0.1) is 13.2 Å². The molecule has 0 spiro atoms. The Labute approximate surface area is 100.0 Å². The number of benzene rings is 1. The lowest BCUT2D eigenvalue weighted by Gasteiger charge is -2.21. The molecule has 1 rings (SSSR count). The molecule has 90 valence electrons. The summed E-state index contributed by atoms with van der Waals surface area (Å²) in [6.45, 7) is 8.25. The van der Waals surface area contributed by atoms with Crippen LogP contribution in [0.2, 0.25) is 0 Å². The summed E-state index contributed by atoms with van der Waals surface area (Å²) in [5.41, 5.74) is 6.66. The van der Waals surface area contributed by atoms with Crippen LogP contribution in [0, 0.1) is 10.1 Å². The molecule has 0 aliphatic carbocycles. The number of hydrogen-bond acceptors (Lipinski definition) is 4. The van der Waals surface area contributed by atoms with Crippen molar-refractivity contribution in [1.82, 2.24) is 0 Å². The van der Waals surface area contributed by atoms with Crippen molar-refractivity contribution in [3.8, 4) is 0 Å². The van der Waals surface area contributed by atoms with Gasteiger partial charge in [0.1, 0.15) is 5.69 Å². The minimum atomic E-state index is -0.423. The van der Waals surface area contributed by atoms with Gasteiger partial charge in [0, 0.05) is 24.8 Å². The molecule has 0 bridgehead atoms. The zero-order valence-corrected chi connectivity index (χ0v) is 9.50. The summed E-state index contributed by atoms with van der Waals surface area (Å²) in [5.74, 6) is 0. The number of nitrogens with zero attached hydrogens (tertiary/aromatic N) is 2. The molecule has 0 aliphatic rings. The minimum absolute atomic E-state index is 0.0305. The SMILES string of the molecule is C=CCN(CC=C)c1cc(N)ccc1[N+](=O)[O-]. The molecule has 0 amide bonds. The van der Waals surface area contributed by atoms with E-state index in [1.807, 2.05) is 0 Å². The molecule has 0 saturated heterocycles. The summed E-state index contributed by atoms with van der Waals surface area (Å²) in [4.78, 5) is 12.3. The Morgan fingerprint density at radius 1 is 1.35 bits per heavy atom. The molecule has 1 aromatic carbocycles. The molecule has 1 aromatic rings. The third-order valence-corrected chi connectivity index (χ3v) is 2.24. The molecule has 0 heterocycles. The first-order chi connectivity index (χ1) is 8.10. The lowest BCUT2D eigenvalue weighted by molar-refractivity contribution is -0.384. The first kappa shape index (κ1) is 12.8. The van der Waals surface area contributed by atoms with Gasteiger partial charge in [0.15, 0.2) is 0 Å². The van der Waals surface area contributed by atoms with Crippen LogP contribution < -0.4 is 10.6 Å². The Kier molecular flexibility index (Phi) is 4.28. The lowest BCUT2D eigenvalue weighted by atomic mass is 10.2. The van der Waals surface area contributed by atoms with Gasteiger partial charge in [0.05, 0.1) is 4.92 Å². The molecule has 5 nitrogen and oxygen atoms in total. The van der Waals surface area contributed by atoms with E-state index in [0.29, 0.717) is 24.5 Å². The lowest BCUT2D eigenvalue weighted by Crippen LogP contribution is -2.24. The Balaban J connectivity index is 3.22. The molecular weight excluding hydrogens is 218 g/mol. The zero-order valence-electron chi connectivity index (χ0n) is 9.50. The van der Waals surface area contributed by atoms with Crippen LogP contribution in [0.1, 0.15) is 0 Å². The largest absolute Gasteiger partial charge is 0.399 e. The fourth-order valence-corrected chi connectivity index (χ4v) is 1.53. The highest BCUT2D eigenvalue weighted by Gasteiger charge is 2.18. The molecule has 0 saturated carbocycles. The number of nitrogen functional groups attached to an aromatic ring is 1. The van der Waals surface area contributed by atoms with Gasteiger partial charge in [-0.3, -0.25) is 10.1 Å². The quantitative estimate of drug-likeness (QED) is 0.354. The maximum Gasteiger partial charge on any atom is 0.292 e. The van der Waals surface area contributed by atoms with Crippen LogP contribution in [0.5, 0.6) is 0 Å². The van der Waals surface area contributed by atoms with E-state index in [1.165, 1.54) is 12.1 Å². The molecule has 0 aliphatic heterocycles. The maximum absolute atomic E-state index is 10.9. The van der Waals surface area contributed by atoms with E-state index in [-0.39, 0.29) is 5.69 Å². The Morgan fingerprint density at radius 2 is 1.94 bits per heavy atom. The van der Waals surface area contributed by atoms with E-state index in [4.69, 9.17) is 5.73 Å². The highest BCUT2D eigenvalue weighted by molar-refractivity contribution is 5.69. The number of nitrogens with two attached hydrogens (primary N) is 1. The van der Waals surface area contributed by atoms with Crippen molar-refractivity contribution in [2.45, 2.75) is 0 Å². The Morgan fingerprint density at radius 3 is 2.41 bits per heavy atom. The molecule has 0 unspecified atom stereocenters. The van der Waals surface area contributed by atoms with Crippen molar-refractivity contribution in [2.75, 3.05) is 23.7 Å². The number of nitro benzene ring substituents is 1. The highest BCUT2D eigenvalue weighted by atomic mass is 16.6. The summed E-state index contributed by atoms with van der Waals surface area (Å²) in [5, 5.41) is 10.9. The van der Waals surface area contributed by atoms with Crippen molar-refractivity contribution in [2.24, 2.45) is 0 Å². The first-order valence-electron chi connectivity index (χ1n) is 5.10. The van der Waals surface area contributed by atoms with Crippen LogP contribution in [0.4, 0.5) is 17.1 Å². The second-order valence-electron chi connectivity index (χ2n) is 3.49. The van der Waals surface area contributed by atoms with E-state index in [9.17, 15) is 10.1 Å². The third-order valence-electron chi connectivity index (χ3n) is 2.24. The van der Waals surface area contributed by atoms with Gasteiger partial charge in [0.2, 0.25) is 0 Å². The maximum atomic E-state index is 10.9. The molecule has 0 radical (unpaired) electrons. The smallest absolute Gasteiger partial charge is 0.292 e. The molecule has 17 heavy (non-hydrogen) atoms. The second kappa shape index (κ2) is 5.69. The normalized spacial score (nSPS) is 9.65. The van der Waals surface area contributed by atoms with Crippen molar-refractivity contribution in [3.05, 3.63) is 53.6 Å². The number of rotatable bonds is 6. The highest BCUT2D eigenvalue weighted by Crippen LogP contribution is 2.30. The number of nitro groups is 1. The van der Waals surface area contributed by atoms with Gasteiger partial charge in [-0.25, -0.2) is 0 Å². The fourth-order valence-electron chi connectivity index (χ4n) is 1.53. The first-order valence-corrected chi connectivity index (χ1v) is 5.10. The van der Waals surface area contributed by atoms with Crippen LogP contribution in [-0.4, -0.2) is 18.0 Å². The van der Waals surface area contributed by atoms with Crippen LogP contribution in [-0.2, 0) is 0 Å². The van der Waals surface area contributed by atoms with Gasteiger partial charge >= 0.3 is 0 Å². The number of hydrogen-bond donors (Lipinski definition) is 1. The van der Waals surface area contributed by atoms with Gasteiger partial charge in [-0.05, 0) is 12.1 Å². The summed E-state index contributed by atoms with van der Waals surface area (Å²) in [6.07, 6.45) is 3.35. The van der Waals surface area contributed by atoms with Gasteiger partial charge in [0.25, 0.3) is 5.69 Å². The van der Waals surface area contributed by atoms with E-state index in [2.05, 4.69) is 13.2 Å². The molecule has 0 atom stereocenters. The van der Waals surface area contributed by atoms with E-state index >= 15 is 0 Å². The van der Waals surface area contributed by atoms with Gasteiger partial charge in [-0.1, -0.05) is 12.2 Å². The van der Waals surface area contributed by atoms with Crippen LogP contribution >= 0.6 is 0 Å².